The summed E-state index contributed by atoms with van der Waals surface area (Å²) in [7, 11) is 0. The molecule has 0 fully saturated rings. The van der Waals surface area contributed by atoms with Crippen LogP contribution in [0.15, 0.2) is 36.5 Å². The lowest BCUT2D eigenvalue weighted by Crippen LogP contribution is -2.18. The van der Waals surface area contributed by atoms with Crippen LogP contribution in [0, 0.1) is 6.92 Å². The first-order chi connectivity index (χ1) is 9.20. The third-order valence-electron chi connectivity index (χ3n) is 2.99. The van der Waals surface area contributed by atoms with E-state index in [-0.39, 0.29) is 0 Å². The summed E-state index contributed by atoms with van der Waals surface area (Å²) in [5, 5.41) is 3.50. The van der Waals surface area contributed by atoms with Crippen molar-refractivity contribution in [1.82, 2.24) is 9.55 Å². The van der Waals surface area contributed by atoms with Crippen LogP contribution >= 0.6 is 11.8 Å². The molecule has 1 atom stereocenters. The molecule has 0 bridgehead atoms. The monoisotopic (exact) mass is 275 g/mol. The zero-order valence-corrected chi connectivity index (χ0v) is 12.6. The summed E-state index contributed by atoms with van der Waals surface area (Å²) in [6.45, 7) is 4.23. The number of thioether (sulfide) groups is 1. The van der Waals surface area contributed by atoms with E-state index in [0.29, 0.717) is 6.04 Å². The minimum absolute atomic E-state index is 0.428. The molecule has 102 valence electrons. The lowest BCUT2D eigenvalue weighted by molar-refractivity contribution is 0.756. The quantitative estimate of drug-likeness (QED) is 0.871. The molecule has 1 N–H and O–H groups in total. The highest BCUT2D eigenvalue weighted by Gasteiger charge is 2.10. The fourth-order valence-corrected chi connectivity index (χ4v) is 2.56. The molecule has 1 aromatic heterocycles. The average Bonchev–Trinajstić information content (AvgIpc) is 2.78. The molecule has 19 heavy (non-hydrogen) atoms. The van der Waals surface area contributed by atoms with Gasteiger partial charge in [0.1, 0.15) is 0 Å². The average molecular weight is 275 g/mol. The molecule has 0 spiro atoms. The Morgan fingerprint density at radius 3 is 2.74 bits per heavy atom. The van der Waals surface area contributed by atoms with E-state index >= 15 is 0 Å². The predicted molar refractivity (Wildman–Crippen MR) is 84.4 cm³/mol. The van der Waals surface area contributed by atoms with Crippen LogP contribution in [0.25, 0.3) is 5.69 Å². The highest BCUT2D eigenvalue weighted by Crippen LogP contribution is 2.17. The first kappa shape index (κ1) is 14.0. The lowest BCUT2D eigenvalue weighted by atomic mass is 10.3. The fourth-order valence-electron chi connectivity index (χ4n) is 1.97. The zero-order valence-electron chi connectivity index (χ0n) is 11.8. The van der Waals surface area contributed by atoms with Gasteiger partial charge in [-0.2, -0.15) is 11.8 Å². The molecule has 3 nitrogen and oxygen atoms in total. The Labute approximate surface area is 119 Å². The van der Waals surface area contributed by atoms with Gasteiger partial charge in [0.05, 0.1) is 5.69 Å². The number of rotatable bonds is 6. The summed E-state index contributed by atoms with van der Waals surface area (Å²) in [6, 6.07) is 10.7. The smallest absolute Gasteiger partial charge is 0.207 e. The van der Waals surface area contributed by atoms with E-state index < -0.39 is 0 Å². The topological polar surface area (TPSA) is 29.9 Å². The van der Waals surface area contributed by atoms with Gasteiger partial charge in [-0.25, -0.2) is 4.98 Å². The van der Waals surface area contributed by atoms with Crippen molar-refractivity contribution in [2.45, 2.75) is 26.3 Å². The van der Waals surface area contributed by atoms with Gasteiger partial charge in [0.15, 0.2) is 0 Å². The molecule has 2 aromatic rings. The van der Waals surface area contributed by atoms with Crippen LogP contribution in [0.5, 0.6) is 0 Å². The number of imidazole rings is 1. The van der Waals surface area contributed by atoms with Crippen LogP contribution in [0.3, 0.4) is 0 Å². The van der Waals surface area contributed by atoms with Gasteiger partial charge in [0, 0.05) is 17.9 Å². The number of hydrogen-bond donors (Lipinski definition) is 1. The van der Waals surface area contributed by atoms with Crippen molar-refractivity contribution in [1.29, 1.82) is 0 Å². The van der Waals surface area contributed by atoms with Crippen molar-refractivity contribution in [2.24, 2.45) is 0 Å². The number of nitrogens with zero attached hydrogens (tertiary/aromatic N) is 2. The van der Waals surface area contributed by atoms with Crippen LogP contribution in [-0.2, 0) is 0 Å². The molecule has 0 aliphatic heterocycles. The normalized spacial score (nSPS) is 12.4. The number of hydrogen-bond acceptors (Lipinski definition) is 3. The van der Waals surface area contributed by atoms with Gasteiger partial charge in [0.25, 0.3) is 0 Å². The van der Waals surface area contributed by atoms with Gasteiger partial charge in [-0.05, 0) is 44.4 Å². The van der Waals surface area contributed by atoms with Crippen LogP contribution in [0.1, 0.15) is 19.0 Å². The number of nitrogens with one attached hydrogen (secondary N) is 1. The van der Waals surface area contributed by atoms with Gasteiger partial charge in [-0.15, -0.1) is 0 Å². The molecule has 0 saturated heterocycles. The number of anilines is 1. The van der Waals surface area contributed by atoms with E-state index in [1.165, 1.54) is 5.75 Å². The van der Waals surface area contributed by atoms with Crippen molar-refractivity contribution in [2.75, 3.05) is 17.3 Å². The first-order valence-electron chi connectivity index (χ1n) is 6.57. The molecule has 0 aliphatic rings. The van der Waals surface area contributed by atoms with Crippen molar-refractivity contribution in [3.63, 3.8) is 0 Å². The predicted octanol–water partition coefficient (Wildman–Crippen LogP) is 3.73. The molecule has 2 rings (SSSR count). The van der Waals surface area contributed by atoms with E-state index in [1.807, 2.05) is 36.9 Å². The van der Waals surface area contributed by atoms with Crippen LogP contribution in [0.2, 0.25) is 0 Å². The molecule has 0 saturated carbocycles. The highest BCUT2D eigenvalue weighted by atomic mass is 32.2. The van der Waals surface area contributed by atoms with Gasteiger partial charge in [0.2, 0.25) is 5.95 Å². The largest absolute Gasteiger partial charge is 0.353 e. The fraction of sp³-hybridized carbons (Fsp3) is 0.400. The molecule has 0 amide bonds. The van der Waals surface area contributed by atoms with E-state index in [1.54, 1.807) is 0 Å². The van der Waals surface area contributed by atoms with E-state index in [4.69, 9.17) is 0 Å². The van der Waals surface area contributed by atoms with Crippen LogP contribution in [-0.4, -0.2) is 27.6 Å². The van der Waals surface area contributed by atoms with Crippen molar-refractivity contribution < 1.29 is 0 Å². The second-order valence-electron chi connectivity index (χ2n) is 4.74. The third-order valence-corrected chi connectivity index (χ3v) is 3.64. The summed E-state index contributed by atoms with van der Waals surface area (Å²) in [5.41, 5.74) is 2.17. The van der Waals surface area contributed by atoms with Crippen molar-refractivity contribution in [3.8, 4) is 5.69 Å². The molecular formula is C15H21N3S. The Balaban J connectivity index is 2.17. The Hall–Kier alpha value is -1.42. The number of benzene rings is 1. The molecule has 1 aromatic carbocycles. The Kier molecular flexibility index (Phi) is 4.91. The van der Waals surface area contributed by atoms with E-state index in [9.17, 15) is 0 Å². The summed E-state index contributed by atoms with van der Waals surface area (Å²) in [5.74, 6) is 2.09. The van der Waals surface area contributed by atoms with Gasteiger partial charge in [-0.1, -0.05) is 18.2 Å². The minimum Gasteiger partial charge on any atom is -0.353 e. The zero-order chi connectivity index (χ0) is 13.7. The lowest BCUT2D eigenvalue weighted by Gasteiger charge is -2.15. The van der Waals surface area contributed by atoms with Crippen LogP contribution < -0.4 is 5.32 Å². The summed E-state index contributed by atoms with van der Waals surface area (Å²) >= 11 is 1.88. The Bertz CT molecular complexity index is 507. The van der Waals surface area contributed by atoms with Gasteiger partial charge >= 0.3 is 0 Å². The van der Waals surface area contributed by atoms with Crippen molar-refractivity contribution in [3.05, 3.63) is 42.2 Å². The summed E-state index contributed by atoms with van der Waals surface area (Å²) in [6.07, 6.45) is 5.35. The second-order valence-corrected chi connectivity index (χ2v) is 5.72. The Morgan fingerprint density at radius 2 is 2.05 bits per heavy atom. The number of para-hydroxylation sites is 1. The van der Waals surface area contributed by atoms with Crippen molar-refractivity contribution >= 4 is 17.7 Å². The maximum absolute atomic E-state index is 4.58. The van der Waals surface area contributed by atoms with E-state index in [2.05, 4.69) is 46.4 Å². The molecule has 0 radical (unpaired) electrons. The van der Waals surface area contributed by atoms with E-state index in [0.717, 1.165) is 23.8 Å². The number of aromatic nitrogens is 2. The van der Waals surface area contributed by atoms with Gasteiger partial charge < -0.3 is 5.32 Å². The van der Waals surface area contributed by atoms with Crippen LogP contribution in [0.4, 0.5) is 5.95 Å². The Morgan fingerprint density at radius 1 is 1.32 bits per heavy atom. The standard InChI is InChI=1S/C15H21N3S/c1-12(9-10-19-3)16-15-17-13(2)11-18(15)14-7-5-4-6-8-14/h4-8,11-12H,9-10H2,1-3H3,(H,16,17). The maximum atomic E-state index is 4.58. The maximum Gasteiger partial charge on any atom is 0.207 e. The molecule has 4 heteroatoms. The molecule has 1 unspecified atom stereocenters. The molecule has 0 aliphatic carbocycles. The SMILES string of the molecule is CSCCC(C)Nc1nc(C)cn1-c1ccccc1. The summed E-state index contributed by atoms with van der Waals surface area (Å²) < 4.78 is 2.12. The molecule has 1 heterocycles. The first-order valence-corrected chi connectivity index (χ1v) is 7.97. The van der Waals surface area contributed by atoms with Gasteiger partial charge in [-0.3, -0.25) is 4.57 Å². The highest BCUT2D eigenvalue weighted by molar-refractivity contribution is 7.98. The third kappa shape index (κ3) is 3.77. The molecular weight excluding hydrogens is 254 g/mol. The number of aryl methyl sites for hydroxylation is 1. The second kappa shape index (κ2) is 6.66. The minimum atomic E-state index is 0.428. The summed E-state index contributed by atoms with van der Waals surface area (Å²) in [4.78, 5) is 4.58.